The number of hydrogen-bond donors (Lipinski definition) is 0. The van der Waals surface area contributed by atoms with E-state index in [4.69, 9.17) is 4.74 Å². The predicted octanol–water partition coefficient (Wildman–Crippen LogP) is 3.15. The van der Waals surface area contributed by atoms with Gasteiger partial charge in [0.05, 0.1) is 18.4 Å². The molecule has 1 aliphatic heterocycles. The molecular weight excluding hydrogens is 236 g/mol. The minimum atomic E-state index is 0.0135. The molecule has 0 amide bonds. The van der Waals surface area contributed by atoms with Gasteiger partial charge in [-0.1, -0.05) is 48.5 Å². The SMILES string of the molecule is O=C1C(c2ccccc2)C2COc3ccccc3[C@H]12. The Morgan fingerprint density at radius 3 is 2.47 bits per heavy atom. The number of carbonyl (C=O) groups is 1. The fourth-order valence-corrected chi connectivity index (χ4v) is 3.39. The van der Waals surface area contributed by atoms with Crippen LogP contribution in [0.15, 0.2) is 54.6 Å². The number of Topliss-reactive ketones (excluding diaryl/α,β-unsaturated/α-hetero) is 1. The van der Waals surface area contributed by atoms with Crippen molar-refractivity contribution in [3.05, 3.63) is 65.7 Å². The summed E-state index contributed by atoms with van der Waals surface area (Å²) in [4.78, 5) is 12.5. The lowest BCUT2D eigenvalue weighted by Gasteiger charge is -2.46. The number of hydrogen-bond acceptors (Lipinski definition) is 2. The van der Waals surface area contributed by atoms with E-state index in [9.17, 15) is 4.79 Å². The van der Waals surface area contributed by atoms with Gasteiger partial charge in [0.25, 0.3) is 0 Å². The fourth-order valence-electron chi connectivity index (χ4n) is 3.39. The molecule has 0 bridgehead atoms. The van der Waals surface area contributed by atoms with Crippen molar-refractivity contribution in [1.82, 2.24) is 0 Å². The Labute approximate surface area is 112 Å². The maximum Gasteiger partial charge on any atom is 0.148 e. The normalized spacial score (nSPS) is 27.8. The maximum absolute atomic E-state index is 12.5. The van der Waals surface area contributed by atoms with Crippen LogP contribution >= 0.6 is 0 Å². The van der Waals surface area contributed by atoms with Gasteiger partial charge >= 0.3 is 0 Å². The molecule has 0 spiro atoms. The van der Waals surface area contributed by atoms with Crippen LogP contribution in [0.25, 0.3) is 0 Å². The van der Waals surface area contributed by atoms with E-state index in [1.54, 1.807) is 0 Å². The molecule has 2 unspecified atom stereocenters. The number of ketones is 1. The van der Waals surface area contributed by atoms with Crippen molar-refractivity contribution in [2.24, 2.45) is 5.92 Å². The Morgan fingerprint density at radius 2 is 1.63 bits per heavy atom. The van der Waals surface area contributed by atoms with Crippen molar-refractivity contribution in [1.29, 1.82) is 0 Å². The monoisotopic (exact) mass is 250 g/mol. The molecule has 2 aromatic rings. The summed E-state index contributed by atoms with van der Waals surface area (Å²) < 4.78 is 5.81. The van der Waals surface area contributed by atoms with Gasteiger partial charge in [0, 0.05) is 11.5 Å². The largest absolute Gasteiger partial charge is 0.493 e. The summed E-state index contributed by atoms with van der Waals surface area (Å²) in [6.07, 6.45) is 0. The molecule has 1 saturated carbocycles. The fraction of sp³-hybridized carbons (Fsp3) is 0.235. The molecule has 1 aliphatic carbocycles. The third kappa shape index (κ3) is 1.46. The smallest absolute Gasteiger partial charge is 0.148 e. The first-order chi connectivity index (χ1) is 9.36. The highest BCUT2D eigenvalue weighted by atomic mass is 16.5. The van der Waals surface area contributed by atoms with Crippen molar-refractivity contribution in [3.8, 4) is 5.75 Å². The molecule has 0 radical (unpaired) electrons. The summed E-state index contributed by atoms with van der Waals surface area (Å²) in [6, 6.07) is 18.0. The van der Waals surface area contributed by atoms with E-state index in [-0.39, 0.29) is 11.8 Å². The average Bonchev–Trinajstić information content (AvgIpc) is 2.46. The molecule has 0 aromatic heterocycles. The first-order valence-electron chi connectivity index (χ1n) is 6.66. The van der Waals surface area contributed by atoms with Crippen LogP contribution < -0.4 is 4.74 Å². The first-order valence-corrected chi connectivity index (χ1v) is 6.66. The molecule has 0 N–H and O–H groups in total. The van der Waals surface area contributed by atoms with E-state index in [2.05, 4.69) is 0 Å². The second-order valence-corrected chi connectivity index (χ2v) is 5.28. The van der Waals surface area contributed by atoms with E-state index in [0.29, 0.717) is 18.3 Å². The molecule has 94 valence electrons. The Balaban J connectivity index is 1.72. The zero-order valence-corrected chi connectivity index (χ0v) is 10.5. The van der Waals surface area contributed by atoms with Crippen LogP contribution in [0, 0.1) is 5.92 Å². The molecule has 2 aliphatic rings. The van der Waals surface area contributed by atoms with Crippen molar-refractivity contribution in [2.45, 2.75) is 11.8 Å². The number of fused-ring (bicyclic) bond motifs is 3. The lowest BCUT2D eigenvalue weighted by molar-refractivity contribution is -0.134. The second kappa shape index (κ2) is 3.95. The molecular formula is C17H14O2. The summed E-state index contributed by atoms with van der Waals surface area (Å²) in [5, 5.41) is 0. The Hall–Kier alpha value is -2.09. The summed E-state index contributed by atoms with van der Waals surface area (Å²) in [7, 11) is 0. The molecule has 1 fully saturated rings. The van der Waals surface area contributed by atoms with Crippen molar-refractivity contribution < 1.29 is 9.53 Å². The summed E-state index contributed by atoms with van der Waals surface area (Å²) in [5.41, 5.74) is 2.19. The van der Waals surface area contributed by atoms with E-state index < -0.39 is 0 Å². The van der Waals surface area contributed by atoms with Crippen molar-refractivity contribution >= 4 is 5.78 Å². The van der Waals surface area contributed by atoms with Gasteiger partial charge in [-0.25, -0.2) is 0 Å². The van der Waals surface area contributed by atoms with Crippen LogP contribution in [0.2, 0.25) is 0 Å². The van der Waals surface area contributed by atoms with E-state index in [1.807, 2.05) is 54.6 Å². The maximum atomic E-state index is 12.5. The van der Waals surface area contributed by atoms with Crippen LogP contribution in [-0.4, -0.2) is 12.4 Å². The number of para-hydroxylation sites is 1. The van der Waals surface area contributed by atoms with Crippen LogP contribution in [0.3, 0.4) is 0 Å². The Kier molecular flexibility index (Phi) is 2.25. The number of rotatable bonds is 1. The number of carbonyl (C=O) groups excluding carboxylic acids is 1. The van der Waals surface area contributed by atoms with Crippen LogP contribution in [0.1, 0.15) is 23.0 Å². The average molecular weight is 250 g/mol. The van der Waals surface area contributed by atoms with Gasteiger partial charge in [0.15, 0.2) is 0 Å². The topological polar surface area (TPSA) is 26.3 Å². The molecule has 1 heterocycles. The zero-order chi connectivity index (χ0) is 12.8. The molecule has 2 nitrogen and oxygen atoms in total. The van der Waals surface area contributed by atoms with E-state index in [0.717, 1.165) is 16.9 Å². The van der Waals surface area contributed by atoms with E-state index >= 15 is 0 Å². The second-order valence-electron chi connectivity index (χ2n) is 5.28. The highest BCUT2D eigenvalue weighted by Crippen LogP contribution is 2.53. The van der Waals surface area contributed by atoms with Crippen molar-refractivity contribution in [2.75, 3.05) is 6.61 Å². The molecule has 19 heavy (non-hydrogen) atoms. The van der Waals surface area contributed by atoms with Crippen LogP contribution in [0.5, 0.6) is 5.75 Å². The minimum Gasteiger partial charge on any atom is -0.493 e. The molecule has 2 aromatic carbocycles. The lowest BCUT2D eigenvalue weighted by atomic mass is 9.58. The third-order valence-electron chi connectivity index (χ3n) is 4.31. The predicted molar refractivity (Wildman–Crippen MR) is 72.4 cm³/mol. The summed E-state index contributed by atoms with van der Waals surface area (Å²) >= 11 is 0. The summed E-state index contributed by atoms with van der Waals surface area (Å²) in [5.74, 6) is 1.56. The quantitative estimate of drug-likeness (QED) is 0.777. The number of ether oxygens (including phenoxy) is 1. The van der Waals surface area contributed by atoms with E-state index in [1.165, 1.54) is 0 Å². The zero-order valence-electron chi connectivity index (χ0n) is 10.5. The minimum absolute atomic E-state index is 0.0135. The lowest BCUT2D eigenvalue weighted by Crippen LogP contribution is -2.49. The first kappa shape index (κ1) is 10.8. The summed E-state index contributed by atoms with van der Waals surface area (Å²) in [6.45, 7) is 0.646. The Bertz CT molecular complexity index is 633. The van der Waals surface area contributed by atoms with Gasteiger partial charge in [0.2, 0.25) is 0 Å². The molecule has 2 heteroatoms. The highest BCUT2D eigenvalue weighted by molar-refractivity contribution is 5.99. The van der Waals surface area contributed by atoms with Gasteiger partial charge in [-0.15, -0.1) is 0 Å². The van der Waals surface area contributed by atoms with Crippen LogP contribution in [0.4, 0.5) is 0 Å². The van der Waals surface area contributed by atoms with Gasteiger partial charge < -0.3 is 4.74 Å². The van der Waals surface area contributed by atoms with Gasteiger partial charge in [-0.05, 0) is 11.6 Å². The van der Waals surface area contributed by atoms with Gasteiger partial charge in [0.1, 0.15) is 11.5 Å². The molecule has 3 atom stereocenters. The highest BCUT2D eigenvalue weighted by Gasteiger charge is 2.53. The Morgan fingerprint density at radius 1 is 0.895 bits per heavy atom. The molecule has 4 rings (SSSR count). The number of benzene rings is 2. The van der Waals surface area contributed by atoms with Crippen LogP contribution in [-0.2, 0) is 4.79 Å². The molecule has 0 saturated heterocycles. The van der Waals surface area contributed by atoms with Gasteiger partial charge in [-0.3, -0.25) is 4.79 Å². The third-order valence-corrected chi connectivity index (χ3v) is 4.31. The standard InChI is InChI=1S/C17H14O2/c18-17-15(11-6-2-1-3-7-11)13-10-19-14-9-5-4-8-12(14)16(13)17/h1-9,13,15-16H,10H2/t13?,15?,16-/m0/s1. The van der Waals surface area contributed by atoms with Crippen molar-refractivity contribution in [3.63, 3.8) is 0 Å². The van der Waals surface area contributed by atoms with Gasteiger partial charge in [-0.2, -0.15) is 0 Å².